The summed E-state index contributed by atoms with van der Waals surface area (Å²) in [4.78, 5) is 62.3. The topological polar surface area (TPSA) is 247 Å². The maximum Gasteiger partial charge on any atom is 0.286 e. The van der Waals surface area contributed by atoms with Crippen LogP contribution in [0.4, 0.5) is 0 Å². The van der Waals surface area contributed by atoms with Crippen LogP contribution in [0.2, 0.25) is 0 Å². The van der Waals surface area contributed by atoms with Crippen LogP contribution in [0, 0.1) is 42.9 Å². The number of carbonyl (C=O) groups excluding carboxylic acids is 3. The van der Waals surface area contributed by atoms with Gasteiger partial charge in [0, 0.05) is 61.8 Å². The maximum atomic E-state index is 13.7. The number of fused-ring (bicyclic) bond motifs is 1. The van der Waals surface area contributed by atoms with Gasteiger partial charge in [-0.15, -0.1) is 6.42 Å². The molecule has 1 fully saturated rings. The molecule has 1 aliphatic rings. The van der Waals surface area contributed by atoms with Crippen LogP contribution in [0.1, 0.15) is 55.5 Å². The van der Waals surface area contributed by atoms with Crippen molar-refractivity contribution in [2.24, 2.45) is 25.6 Å². The first-order valence-electron chi connectivity index (χ1n) is 18.8. The zero-order valence-corrected chi connectivity index (χ0v) is 33.6. The SMILES string of the molecule is C#C[C@](O)(C#Cc1cccc(-c2nc(C(N)=O)c3cc(C4CN(C)C(=O)[C@]4(O)C#Cc4cccc(-c5cc(-c6ccnn6C)nc(C(N)=O)n5)c4)n(C)c3n2)c1)c1ncc(C)o1. The van der Waals surface area contributed by atoms with Gasteiger partial charge in [0.1, 0.15) is 17.1 Å². The van der Waals surface area contributed by atoms with E-state index in [4.69, 9.17) is 27.3 Å². The Balaban J connectivity index is 1.15. The zero-order valence-electron chi connectivity index (χ0n) is 33.6. The predicted molar refractivity (Wildman–Crippen MR) is 224 cm³/mol. The van der Waals surface area contributed by atoms with Crippen LogP contribution in [0.3, 0.4) is 0 Å². The summed E-state index contributed by atoms with van der Waals surface area (Å²) in [5.74, 6) is 10.6. The lowest BCUT2D eigenvalue weighted by atomic mass is 9.87. The third-order valence-corrected chi connectivity index (χ3v) is 10.4. The number of terminal acetylenes is 1. The van der Waals surface area contributed by atoms with E-state index in [0.717, 1.165) is 0 Å². The predicted octanol–water partition coefficient (Wildman–Crippen LogP) is 2.20. The van der Waals surface area contributed by atoms with Crippen LogP contribution in [-0.2, 0) is 24.5 Å². The first-order chi connectivity index (χ1) is 29.6. The van der Waals surface area contributed by atoms with Crippen LogP contribution in [0.15, 0.2) is 83.5 Å². The number of carbonyl (C=O) groups is 3. The van der Waals surface area contributed by atoms with Crippen molar-refractivity contribution in [1.82, 2.24) is 44.2 Å². The van der Waals surface area contributed by atoms with Gasteiger partial charge in [-0.05, 0) is 61.2 Å². The van der Waals surface area contributed by atoms with E-state index in [1.54, 1.807) is 110 Å². The number of amides is 3. The van der Waals surface area contributed by atoms with Gasteiger partial charge in [0.15, 0.2) is 5.82 Å². The molecule has 62 heavy (non-hydrogen) atoms. The van der Waals surface area contributed by atoms with Gasteiger partial charge in [0.05, 0.1) is 34.6 Å². The van der Waals surface area contributed by atoms with E-state index in [1.165, 1.54) is 11.1 Å². The Morgan fingerprint density at radius 1 is 0.935 bits per heavy atom. The van der Waals surface area contributed by atoms with E-state index in [1.807, 2.05) is 0 Å². The summed E-state index contributed by atoms with van der Waals surface area (Å²) < 4.78 is 8.68. The second kappa shape index (κ2) is 15.3. The van der Waals surface area contributed by atoms with Gasteiger partial charge in [0.2, 0.25) is 11.4 Å². The molecule has 7 aromatic rings. The minimum absolute atomic E-state index is 0.0752. The highest BCUT2D eigenvalue weighted by Gasteiger charge is 2.53. The average Bonchev–Trinajstić information content (AvgIpc) is 4.04. The fourth-order valence-corrected chi connectivity index (χ4v) is 7.20. The normalized spacial score (nSPS) is 16.8. The fourth-order valence-electron chi connectivity index (χ4n) is 7.20. The summed E-state index contributed by atoms with van der Waals surface area (Å²) in [7, 11) is 4.99. The fraction of sp³-hybridized carbons (Fsp3) is 0.178. The molecule has 3 amide bonds. The van der Waals surface area contributed by atoms with E-state index >= 15 is 0 Å². The largest absolute Gasteiger partial charge is 0.441 e. The van der Waals surface area contributed by atoms with Crippen LogP contribution in [0.25, 0.3) is 45.1 Å². The molecule has 8 rings (SSSR count). The van der Waals surface area contributed by atoms with Gasteiger partial charge in [-0.2, -0.15) is 5.10 Å². The molecule has 0 bridgehead atoms. The van der Waals surface area contributed by atoms with Crippen molar-refractivity contribution in [2.45, 2.75) is 24.0 Å². The summed E-state index contributed by atoms with van der Waals surface area (Å²) in [6.45, 7) is 1.73. The molecule has 6 heterocycles. The van der Waals surface area contributed by atoms with Crippen LogP contribution in [-0.4, -0.2) is 91.3 Å². The Hall–Kier alpha value is -8.43. The van der Waals surface area contributed by atoms with Crippen molar-refractivity contribution >= 4 is 28.8 Å². The molecular formula is C45H35N11O6. The van der Waals surface area contributed by atoms with Gasteiger partial charge in [-0.25, -0.2) is 24.9 Å². The number of likely N-dealkylation sites (N-methyl/N-ethyl adjacent to an activating group) is 1. The molecule has 6 N–H and O–H groups in total. The number of hydrogen-bond donors (Lipinski definition) is 4. The molecule has 0 aliphatic carbocycles. The van der Waals surface area contributed by atoms with E-state index in [2.05, 4.69) is 54.6 Å². The molecule has 0 saturated carbocycles. The van der Waals surface area contributed by atoms with Crippen molar-refractivity contribution in [2.75, 3.05) is 13.6 Å². The number of aromatic nitrogens is 8. The number of likely N-dealkylation sites (tertiary alicyclic amines) is 1. The molecule has 0 radical (unpaired) electrons. The summed E-state index contributed by atoms with van der Waals surface area (Å²) in [5, 5.41) is 27.6. The van der Waals surface area contributed by atoms with E-state index in [-0.39, 0.29) is 29.8 Å². The van der Waals surface area contributed by atoms with E-state index in [9.17, 15) is 24.6 Å². The Kier molecular flexibility index (Phi) is 9.96. The lowest BCUT2D eigenvalue weighted by Gasteiger charge is -2.22. The second-order valence-electron chi connectivity index (χ2n) is 14.6. The monoisotopic (exact) mass is 825 g/mol. The number of aryl methyl sites for hydroxylation is 3. The zero-order chi connectivity index (χ0) is 44.1. The summed E-state index contributed by atoms with van der Waals surface area (Å²) in [6, 6.07) is 18.7. The number of hydrogen-bond acceptors (Lipinski definition) is 12. The second-order valence-corrected chi connectivity index (χ2v) is 14.6. The number of aliphatic hydroxyl groups is 2. The molecule has 3 atom stereocenters. The highest BCUT2D eigenvalue weighted by Crippen LogP contribution is 2.39. The Morgan fingerprint density at radius 2 is 1.65 bits per heavy atom. The first kappa shape index (κ1) is 40.4. The minimum atomic E-state index is -2.21. The highest BCUT2D eigenvalue weighted by atomic mass is 16.4. The van der Waals surface area contributed by atoms with Crippen LogP contribution < -0.4 is 11.5 Å². The standard InChI is InChI=1S/C45H35N11O6/c1-6-44(60,42-48-23-25(2)62-42)16-13-26-10-8-12-29(20-26)39-52-36(37(46)57)30-21-35(55(4)41(30)53-39)31-24-54(3)43(59)45(31,61)17-14-27-9-7-11-28(19-27)32-22-33(34-15-18-49-56(34)5)51-40(50-32)38(47)58/h1,7-12,15,18-23,31,60-61H,24H2,2-5H3,(H2,46,57)(H2,47,58)/t31?,44-,45-/m0/s1. The molecule has 0 spiro atoms. The number of rotatable bonds is 7. The van der Waals surface area contributed by atoms with Crippen molar-refractivity contribution in [1.29, 1.82) is 0 Å². The number of nitrogens with two attached hydrogens (primary N) is 2. The van der Waals surface area contributed by atoms with E-state index in [0.29, 0.717) is 61.8 Å². The third kappa shape index (κ3) is 7.18. The molecule has 2 aromatic carbocycles. The lowest BCUT2D eigenvalue weighted by molar-refractivity contribution is -0.138. The first-order valence-corrected chi connectivity index (χ1v) is 18.8. The molecule has 17 heteroatoms. The Morgan fingerprint density at radius 3 is 2.31 bits per heavy atom. The molecule has 1 saturated heterocycles. The number of nitrogens with zero attached hydrogens (tertiary/aromatic N) is 9. The molecule has 1 unspecified atom stereocenters. The van der Waals surface area contributed by atoms with Gasteiger partial charge in [-0.1, -0.05) is 42.0 Å². The van der Waals surface area contributed by atoms with Crippen molar-refractivity contribution in [3.63, 3.8) is 0 Å². The minimum Gasteiger partial charge on any atom is -0.441 e. The summed E-state index contributed by atoms with van der Waals surface area (Å²) >= 11 is 0. The summed E-state index contributed by atoms with van der Waals surface area (Å²) in [5.41, 5.74) is 11.1. The molecule has 5 aromatic heterocycles. The quantitative estimate of drug-likeness (QED) is 0.169. The highest BCUT2D eigenvalue weighted by molar-refractivity contribution is 6.04. The number of primary amides is 2. The smallest absolute Gasteiger partial charge is 0.286 e. The molecule has 1 aliphatic heterocycles. The van der Waals surface area contributed by atoms with E-state index < -0.39 is 34.8 Å². The number of oxazole rings is 1. The van der Waals surface area contributed by atoms with Gasteiger partial charge in [0.25, 0.3) is 29.2 Å². The van der Waals surface area contributed by atoms with Crippen molar-refractivity contribution in [3.05, 3.63) is 119 Å². The summed E-state index contributed by atoms with van der Waals surface area (Å²) in [6.07, 6.45) is 8.61. The van der Waals surface area contributed by atoms with Gasteiger partial charge < -0.3 is 35.6 Å². The van der Waals surface area contributed by atoms with Crippen LogP contribution >= 0.6 is 0 Å². The van der Waals surface area contributed by atoms with Crippen molar-refractivity contribution < 1.29 is 29.0 Å². The maximum absolute atomic E-state index is 13.7. The number of benzene rings is 2. The van der Waals surface area contributed by atoms with Gasteiger partial charge >= 0.3 is 0 Å². The lowest BCUT2D eigenvalue weighted by Crippen LogP contribution is -2.41. The molecular weight excluding hydrogens is 791 g/mol. The van der Waals surface area contributed by atoms with Crippen LogP contribution in [0.5, 0.6) is 0 Å². The molecule has 306 valence electrons. The van der Waals surface area contributed by atoms with Gasteiger partial charge in [-0.3, -0.25) is 19.1 Å². The average molecular weight is 826 g/mol. The Labute approximate surface area is 353 Å². The molecule has 17 nitrogen and oxygen atoms in total. The Bertz CT molecular complexity index is 3190. The third-order valence-electron chi connectivity index (χ3n) is 10.4. The van der Waals surface area contributed by atoms with Crippen molar-refractivity contribution in [3.8, 4) is 70.1 Å².